The van der Waals surface area contributed by atoms with Crippen LogP contribution in [0.5, 0.6) is 5.75 Å². The van der Waals surface area contributed by atoms with E-state index in [1.165, 1.54) is 5.56 Å². The Labute approximate surface area is 150 Å². The maximum absolute atomic E-state index is 12.3. The lowest BCUT2D eigenvalue weighted by atomic mass is 9.84. The molecule has 1 fully saturated rings. The Morgan fingerprint density at radius 1 is 1.36 bits per heavy atom. The lowest BCUT2D eigenvalue weighted by molar-refractivity contribution is -0.141. The molecule has 0 bridgehead atoms. The maximum Gasteiger partial charge on any atom is 0.309 e. The molecule has 1 aromatic carbocycles. The van der Waals surface area contributed by atoms with Crippen molar-refractivity contribution in [1.29, 1.82) is 0 Å². The third-order valence-corrected chi connectivity index (χ3v) is 4.48. The highest BCUT2D eigenvalue weighted by Gasteiger charge is 2.36. The number of hydrogen-bond acceptors (Lipinski definition) is 4. The molecular formula is C21H28O4. The van der Waals surface area contributed by atoms with Crippen molar-refractivity contribution >= 4 is 5.97 Å². The molecule has 4 nitrogen and oxygen atoms in total. The number of methoxy groups -OCH3 is 2. The molecule has 0 radical (unpaired) electrons. The first kappa shape index (κ1) is 19.3. The summed E-state index contributed by atoms with van der Waals surface area (Å²) in [5.41, 5.74) is 2.29. The largest absolute Gasteiger partial charge is 0.497 e. The minimum absolute atomic E-state index is 0.0962. The summed E-state index contributed by atoms with van der Waals surface area (Å²) >= 11 is 0. The quantitative estimate of drug-likeness (QED) is 0.502. The Hall–Kier alpha value is -2.07. The topological polar surface area (TPSA) is 44.8 Å². The zero-order chi connectivity index (χ0) is 18.1. The summed E-state index contributed by atoms with van der Waals surface area (Å²) in [5, 5.41) is 0. The third kappa shape index (κ3) is 5.75. The number of benzene rings is 1. The number of cyclic esters (lactones) is 1. The molecule has 1 aliphatic rings. The van der Waals surface area contributed by atoms with Gasteiger partial charge in [0.1, 0.15) is 5.75 Å². The van der Waals surface area contributed by atoms with Crippen LogP contribution in [0.1, 0.15) is 25.3 Å². The van der Waals surface area contributed by atoms with Crippen LogP contribution < -0.4 is 4.74 Å². The van der Waals surface area contributed by atoms with E-state index < -0.39 is 0 Å². The van der Waals surface area contributed by atoms with Crippen molar-refractivity contribution in [2.45, 2.75) is 26.2 Å². The van der Waals surface area contributed by atoms with Crippen LogP contribution in [0.3, 0.4) is 0 Å². The molecule has 0 aliphatic carbocycles. The van der Waals surface area contributed by atoms with Crippen molar-refractivity contribution in [3.63, 3.8) is 0 Å². The standard InChI is InChI=1S/C21H28O4/c1-4-5-7-16(10-11-23-2)14-20-18(15-25-21(20)22)12-17-8-6-9-19(13-17)24-3/h5-10,13,18,20H,4,11-12,14-15H2,1-3H3/b7-5-,16-10+. The Morgan fingerprint density at radius 3 is 2.92 bits per heavy atom. The molecule has 0 N–H and O–H groups in total. The van der Waals surface area contributed by atoms with Crippen LogP contribution >= 0.6 is 0 Å². The van der Waals surface area contributed by atoms with Gasteiger partial charge in [-0.3, -0.25) is 4.79 Å². The van der Waals surface area contributed by atoms with Gasteiger partial charge in [-0.25, -0.2) is 0 Å². The van der Waals surface area contributed by atoms with Gasteiger partial charge in [-0.2, -0.15) is 0 Å². The molecule has 0 saturated carbocycles. The van der Waals surface area contributed by atoms with Gasteiger partial charge in [0.25, 0.3) is 0 Å². The number of esters is 1. The Bertz CT molecular complexity index is 618. The average molecular weight is 344 g/mol. The van der Waals surface area contributed by atoms with E-state index in [-0.39, 0.29) is 17.8 Å². The molecular weight excluding hydrogens is 316 g/mol. The zero-order valence-corrected chi connectivity index (χ0v) is 15.4. The number of rotatable bonds is 9. The number of hydrogen-bond donors (Lipinski definition) is 0. The molecule has 1 aliphatic heterocycles. The van der Waals surface area contributed by atoms with Crippen LogP contribution in [0.15, 0.2) is 48.1 Å². The van der Waals surface area contributed by atoms with Gasteiger partial charge in [-0.05, 0) is 42.5 Å². The highest BCUT2D eigenvalue weighted by atomic mass is 16.5. The van der Waals surface area contributed by atoms with Crippen LogP contribution in [0.25, 0.3) is 0 Å². The van der Waals surface area contributed by atoms with Gasteiger partial charge in [0.2, 0.25) is 0 Å². The van der Waals surface area contributed by atoms with E-state index >= 15 is 0 Å². The van der Waals surface area contributed by atoms with E-state index in [1.54, 1.807) is 14.2 Å². The van der Waals surface area contributed by atoms with Gasteiger partial charge in [-0.1, -0.05) is 37.3 Å². The zero-order valence-electron chi connectivity index (χ0n) is 15.4. The highest BCUT2D eigenvalue weighted by molar-refractivity contribution is 5.75. The average Bonchev–Trinajstić information content (AvgIpc) is 2.97. The molecule has 1 saturated heterocycles. The van der Waals surface area contributed by atoms with Crippen LogP contribution in [-0.2, 0) is 20.7 Å². The molecule has 136 valence electrons. The molecule has 0 spiro atoms. The van der Waals surface area contributed by atoms with E-state index in [0.29, 0.717) is 19.6 Å². The van der Waals surface area contributed by atoms with Gasteiger partial charge in [0.15, 0.2) is 0 Å². The molecule has 0 aromatic heterocycles. The molecule has 1 heterocycles. The predicted octanol–water partition coefficient (Wildman–Crippen LogP) is 3.96. The number of carbonyl (C=O) groups excluding carboxylic acids is 1. The van der Waals surface area contributed by atoms with Gasteiger partial charge in [0, 0.05) is 13.0 Å². The third-order valence-electron chi connectivity index (χ3n) is 4.48. The van der Waals surface area contributed by atoms with Crippen molar-refractivity contribution in [3.8, 4) is 5.75 Å². The summed E-state index contributed by atoms with van der Waals surface area (Å²) in [4.78, 5) is 12.3. The molecule has 2 unspecified atom stereocenters. The van der Waals surface area contributed by atoms with Crippen LogP contribution in [-0.4, -0.2) is 33.4 Å². The first-order chi connectivity index (χ1) is 12.2. The number of allylic oxidation sites excluding steroid dienone is 3. The van der Waals surface area contributed by atoms with Crippen molar-refractivity contribution in [3.05, 3.63) is 53.6 Å². The maximum atomic E-state index is 12.3. The molecule has 2 rings (SSSR count). The van der Waals surface area contributed by atoms with E-state index in [0.717, 1.165) is 24.2 Å². The van der Waals surface area contributed by atoms with E-state index in [4.69, 9.17) is 14.2 Å². The predicted molar refractivity (Wildman–Crippen MR) is 98.6 cm³/mol. The monoisotopic (exact) mass is 344 g/mol. The SMILES string of the molecule is CC/C=C\C(=C/COC)CC1C(=O)OCC1Cc1cccc(OC)c1. The molecule has 2 atom stereocenters. The smallest absolute Gasteiger partial charge is 0.309 e. The Balaban J connectivity index is 2.10. The fourth-order valence-corrected chi connectivity index (χ4v) is 3.09. The van der Waals surface area contributed by atoms with Gasteiger partial charge < -0.3 is 14.2 Å². The summed E-state index contributed by atoms with van der Waals surface area (Å²) in [6.45, 7) is 3.13. The van der Waals surface area contributed by atoms with Gasteiger partial charge in [0.05, 0.1) is 26.2 Å². The Kier molecular flexibility index (Phi) is 7.74. The van der Waals surface area contributed by atoms with Crippen molar-refractivity contribution in [2.24, 2.45) is 11.8 Å². The molecule has 0 amide bonds. The molecule has 4 heteroatoms. The fraction of sp³-hybridized carbons (Fsp3) is 0.476. The highest BCUT2D eigenvalue weighted by Crippen LogP contribution is 2.32. The summed E-state index contributed by atoms with van der Waals surface area (Å²) < 4.78 is 15.8. The minimum atomic E-state index is -0.115. The number of ether oxygens (including phenoxy) is 3. The van der Waals surface area contributed by atoms with Crippen molar-refractivity contribution in [1.82, 2.24) is 0 Å². The fourth-order valence-electron chi connectivity index (χ4n) is 3.09. The molecule has 25 heavy (non-hydrogen) atoms. The van der Waals surface area contributed by atoms with Crippen LogP contribution in [0.2, 0.25) is 0 Å². The van der Waals surface area contributed by atoms with E-state index in [9.17, 15) is 4.79 Å². The lowest BCUT2D eigenvalue weighted by Gasteiger charge is -2.16. The normalized spacial score (nSPS) is 20.9. The summed E-state index contributed by atoms with van der Waals surface area (Å²) in [6.07, 6.45) is 8.70. The van der Waals surface area contributed by atoms with E-state index in [1.807, 2.05) is 24.3 Å². The van der Waals surface area contributed by atoms with Crippen LogP contribution in [0.4, 0.5) is 0 Å². The van der Waals surface area contributed by atoms with Gasteiger partial charge in [-0.15, -0.1) is 0 Å². The summed E-state index contributed by atoms with van der Waals surface area (Å²) in [7, 11) is 3.34. The Morgan fingerprint density at radius 2 is 2.20 bits per heavy atom. The summed E-state index contributed by atoms with van der Waals surface area (Å²) in [6, 6.07) is 8.01. The van der Waals surface area contributed by atoms with Crippen molar-refractivity contribution in [2.75, 3.05) is 27.4 Å². The van der Waals surface area contributed by atoms with E-state index in [2.05, 4.69) is 25.1 Å². The van der Waals surface area contributed by atoms with Gasteiger partial charge >= 0.3 is 5.97 Å². The minimum Gasteiger partial charge on any atom is -0.497 e. The second-order valence-corrected chi connectivity index (χ2v) is 6.30. The van der Waals surface area contributed by atoms with Crippen molar-refractivity contribution < 1.29 is 19.0 Å². The lowest BCUT2D eigenvalue weighted by Crippen LogP contribution is -2.19. The first-order valence-electron chi connectivity index (χ1n) is 8.82. The molecule has 1 aromatic rings. The second-order valence-electron chi connectivity index (χ2n) is 6.30. The van der Waals surface area contributed by atoms with Crippen LogP contribution in [0, 0.1) is 11.8 Å². The first-order valence-corrected chi connectivity index (χ1v) is 8.82. The second kappa shape index (κ2) is 10.0. The summed E-state index contributed by atoms with van der Waals surface area (Å²) in [5.74, 6) is 0.809. The number of carbonyl (C=O) groups is 1.